The van der Waals surface area contributed by atoms with Gasteiger partial charge in [0.15, 0.2) is 10.9 Å². The number of aromatic nitrogens is 2. The lowest BCUT2D eigenvalue weighted by molar-refractivity contribution is 0.685. The van der Waals surface area contributed by atoms with Crippen molar-refractivity contribution in [3.8, 4) is 11.4 Å². The average molecular weight is 713 g/mol. The Balaban J connectivity index is 1.10. The van der Waals surface area contributed by atoms with Gasteiger partial charge in [-0.15, -0.1) is 0 Å². The molecule has 6 aromatic carbocycles. The third-order valence-electron chi connectivity index (χ3n) is 11.2. The molecule has 0 saturated carbocycles. The molecule has 1 aliphatic heterocycles. The Hall–Kier alpha value is -6.92. The van der Waals surface area contributed by atoms with Gasteiger partial charge in [-0.25, -0.2) is 0 Å². The lowest BCUT2D eigenvalue weighted by Gasteiger charge is -2.29. The Bertz CT molecular complexity index is 3100. The Morgan fingerprint density at radius 3 is 1.25 bits per heavy atom. The fraction of sp³-hybridized carbons (Fsp3) is 0.102. The van der Waals surface area contributed by atoms with Crippen molar-refractivity contribution < 1.29 is 0 Å². The van der Waals surface area contributed by atoms with Crippen LogP contribution in [0, 0.1) is 6.92 Å². The molecule has 0 fully saturated rings. The molecule has 3 heterocycles. The van der Waals surface area contributed by atoms with Crippen molar-refractivity contribution in [2.24, 2.45) is 9.98 Å². The number of rotatable bonds is 4. The summed E-state index contributed by atoms with van der Waals surface area (Å²) < 4.78 is 4.34. The highest BCUT2D eigenvalue weighted by molar-refractivity contribution is 6.54. The molecule has 0 saturated heterocycles. The molecule has 264 valence electrons. The van der Waals surface area contributed by atoms with Crippen molar-refractivity contribution in [1.82, 2.24) is 9.13 Å². The second kappa shape index (κ2) is 12.6. The highest BCUT2D eigenvalue weighted by Crippen LogP contribution is 2.31. The lowest BCUT2D eigenvalue weighted by Crippen LogP contribution is -2.34. The molecule has 2 aromatic heterocycles. The van der Waals surface area contributed by atoms with E-state index < -0.39 is 0 Å². The van der Waals surface area contributed by atoms with Gasteiger partial charge in [-0.1, -0.05) is 95.6 Å². The third kappa shape index (κ3) is 5.24. The van der Waals surface area contributed by atoms with Crippen molar-refractivity contribution in [2.75, 3.05) is 0 Å². The summed E-state index contributed by atoms with van der Waals surface area (Å²) in [6.07, 6.45) is 4.45. The molecule has 2 aliphatic rings. The standard InChI is InChI=1S/C49H36N4O2/c1-29-16-25-45-39(26-29)49(55)38-12-6-9-15-44(38)53(45)35-23-19-33(20-24-35)47-46(50-40-27-30(2)31(3)28-41(40)51-47)32-17-21-34(22-18-32)52-42-13-7-4-10-36(42)48(54)37-11-5-8-14-43(37)52/h4-28,40-41H,1-3H3. The van der Waals surface area contributed by atoms with Crippen LogP contribution in [0.15, 0.2) is 182 Å². The maximum absolute atomic E-state index is 13.6. The van der Waals surface area contributed by atoms with Gasteiger partial charge in [0.2, 0.25) is 0 Å². The summed E-state index contributed by atoms with van der Waals surface area (Å²) in [5, 5.41) is 2.77. The first-order valence-corrected chi connectivity index (χ1v) is 18.7. The first kappa shape index (κ1) is 32.7. The van der Waals surface area contributed by atoms with E-state index in [1.165, 1.54) is 11.1 Å². The summed E-state index contributed by atoms with van der Waals surface area (Å²) in [6.45, 7) is 6.28. The summed E-state index contributed by atoms with van der Waals surface area (Å²) in [5.41, 5.74) is 12.5. The normalized spacial score (nSPS) is 16.9. The Kier molecular flexibility index (Phi) is 7.49. The second-order valence-electron chi connectivity index (χ2n) is 14.6. The van der Waals surface area contributed by atoms with E-state index in [0.717, 1.165) is 61.6 Å². The predicted octanol–water partition coefficient (Wildman–Crippen LogP) is 9.85. The first-order valence-electron chi connectivity index (χ1n) is 18.7. The van der Waals surface area contributed by atoms with Crippen LogP contribution in [-0.2, 0) is 0 Å². The van der Waals surface area contributed by atoms with Gasteiger partial charge >= 0.3 is 0 Å². The Morgan fingerprint density at radius 1 is 0.436 bits per heavy atom. The molecular weight excluding hydrogens is 677 g/mol. The fourth-order valence-corrected chi connectivity index (χ4v) is 8.29. The monoisotopic (exact) mass is 712 g/mol. The van der Waals surface area contributed by atoms with Crippen LogP contribution in [0.4, 0.5) is 0 Å². The van der Waals surface area contributed by atoms with E-state index in [4.69, 9.17) is 9.98 Å². The van der Waals surface area contributed by atoms with Crippen molar-refractivity contribution in [1.29, 1.82) is 0 Å². The summed E-state index contributed by atoms with van der Waals surface area (Å²) in [5.74, 6) is 0. The number of fused-ring (bicyclic) bond motifs is 5. The van der Waals surface area contributed by atoms with E-state index in [1.807, 2.05) is 91.9 Å². The van der Waals surface area contributed by atoms with Gasteiger partial charge in [0, 0.05) is 44.0 Å². The van der Waals surface area contributed by atoms with E-state index in [2.05, 4.69) is 89.7 Å². The summed E-state index contributed by atoms with van der Waals surface area (Å²) in [4.78, 5) is 37.8. The SMILES string of the molecule is CC1=CC2N=C(c3ccc(-n4c5ccccc5c(=O)c5ccccc54)cc3)C(c3ccc(-n4c5ccccc5c(=O)c5cc(C)ccc54)cc3)=NC2C=C1C. The number of hydrogen-bond acceptors (Lipinski definition) is 4. The molecule has 0 amide bonds. The van der Waals surface area contributed by atoms with Crippen LogP contribution >= 0.6 is 0 Å². The number of benzene rings is 6. The number of pyridine rings is 2. The molecule has 55 heavy (non-hydrogen) atoms. The topological polar surface area (TPSA) is 68.7 Å². The molecule has 0 N–H and O–H groups in total. The quantitative estimate of drug-likeness (QED) is 0.171. The molecule has 8 aromatic rings. The van der Waals surface area contributed by atoms with E-state index in [1.54, 1.807) is 0 Å². The minimum atomic E-state index is -0.101. The lowest BCUT2D eigenvalue weighted by atomic mass is 9.89. The van der Waals surface area contributed by atoms with Crippen LogP contribution in [0.5, 0.6) is 0 Å². The number of aryl methyl sites for hydroxylation is 1. The fourth-order valence-electron chi connectivity index (χ4n) is 8.29. The van der Waals surface area contributed by atoms with E-state index >= 15 is 0 Å². The number of allylic oxidation sites excluding steroid dienone is 2. The minimum absolute atomic E-state index is 0.0365. The minimum Gasteiger partial charge on any atom is -0.309 e. The maximum Gasteiger partial charge on any atom is 0.197 e. The van der Waals surface area contributed by atoms with Gasteiger partial charge < -0.3 is 9.13 Å². The van der Waals surface area contributed by atoms with Gasteiger partial charge in [-0.2, -0.15) is 0 Å². The Labute approximate surface area is 317 Å². The molecule has 0 spiro atoms. The van der Waals surface area contributed by atoms with Crippen LogP contribution in [0.3, 0.4) is 0 Å². The number of para-hydroxylation sites is 3. The van der Waals surface area contributed by atoms with Crippen LogP contribution in [0.2, 0.25) is 0 Å². The number of aliphatic imine (C=N–C) groups is 2. The molecule has 0 bridgehead atoms. The van der Waals surface area contributed by atoms with Gasteiger partial charge in [-0.3, -0.25) is 19.6 Å². The average Bonchev–Trinajstić information content (AvgIpc) is 3.22. The van der Waals surface area contributed by atoms with Crippen LogP contribution in [-0.4, -0.2) is 32.6 Å². The molecule has 2 unspecified atom stereocenters. The third-order valence-corrected chi connectivity index (χ3v) is 11.2. The van der Waals surface area contributed by atoms with E-state index in [-0.39, 0.29) is 22.9 Å². The zero-order valence-electron chi connectivity index (χ0n) is 30.7. The smallest absolute Gasteiger partial charge is 0.197 e. The number of hydrogen-bond donors (Lipinski definition) is 0. The molecule has 10 rings (SSSR count). The zero-order valence-corrected chi connectivity index (χ0v) is 30.7. The highest BCUT2D eigenvalue weighted by Gasteiger charge is 2.29. The molecule has 2 atom stereocenters. The second-order valence-corrected chi connectivity index (χ2v) is 14.6. The molecule has 6 heteroatoms. The van der Waals surface area contributed by atoms with Gasteiger partial charge in [0.1, 0.15) is 0 Å². The molecule has 6 nitrogen and oxygen atoms in total. The van der Waals surface area contributed by atoms with Crippen molar-refractivity contribution in [3.05, 3.63) is 200 Å². The van der Waals surface area contributed by atoms with Gasteiger partial charge in [-0.05, 0) is 93.6 Å². The summed E-state index contributed by atoms with van der Waals surface area (Å²) >= 11 is 0. The van der Waals surface area contributed by atoms with E-state index in [9.17, 15) is 9.59 Å². The maximum atomic E-state index is 13.6. The van der Waals surface area contributed by atoms with Gasteiger partial charge in [0.05, 0.1) is 45.6 Å². The van der Waals surface area contributed by atoms with Crippen molar-refractivity contribution >= 4 is 55.0 Å². The molecule has 0 radical (unpaired) electrons. The van der Waals surface area contributed by atoms with Crippen molar-refractivity contribution in [3.63, 3.8) is 0 Å². The Morgan fingerprint density at radius 2 is 0.818 bits per heavy atom. The summed E-state index contributed by atoms with van der Waals surface area (Å²) in [7, 11) is 0. The van der Waals surface area contributed by atoms with Gasteiger partial charge in [0.25, 0.3) is 0 Å². The van der Waals surface area contributed by atoms with Crippen molar-refractivity contribution in [2.45, 2.75) is 32.9 Å². The molecular formula is C49H36N4O2. The predicted molar refractivity (Wildman–Crippen MR) is 227 cm³/mol. The zero-order chi connectivity index (χ0) is 37.4. The van der Waals surface area contributed by atoms with Crippen LogP contribution in [0.25, 0.3) is 55.0 Å². The van der Waals surface area contributed by atoms with E-state index in [0.29, 0.717) is 21.5 Å². The largest absolute Gasteiger partial charge is 0.309 e. The first-order chi connectivity index (χ1) is 26.8. The molecule has 1 aliphatic carbocycles. The van der Waals surface area contributed by atoms with Crippen LogP contribution < -0.4 is 10.9 Å². The summed E-state index contributed by atoms with van der Waals surface area (Å²) in [6, 6.07) is 46.2. The number of nitrogens with zero attached hydrogens (tertiary/aromatic N) is 4. The van der Waals surface area contributed by atoms with Crippen LogP contribution in [0.1, 0.15) is 30.5 Å². The highest BCUT2D eigenvalue weighted by atomic mass is 16.1.